The van der Waals surface area contributed by atoms with Gasteiger partial charge in [-0.3, -0.25) is 4.90 Å². The molecular formula is C23H23NO6. The van der Waals surface area contributed by atoms with Crippen LogP contribution in [0, 0.1) is 0 Å². The van der Waals surface area contributed by atoms with E-state index in [0.29, 0.717) is 30.4 Å². The van der Waals surface area contributed by atoms with Crippen molar-refractivity contribution in [1.29, 1.82) is 0 Å². The normalized spacial score (nSPS) is 16.8. The van der Waals surface area contributed by atoms with Crippen LogP contribution < -0.4 is 10.4 Å². The average Bonchev–Trinajstić information content (AvgIpc) is 3.17. The minimum atomic E-state index is -0.709. The fourth-order valence-electron chi connectivity index (χ4n) is 3.66. The van der Waals surface area contributed by atoms with Crippen LogP contribution in [0.3, 0.4) is 0 Å². The summed E-state index contributed by atoms with van der Waals surface area (Å²) in [4.78, 5) is 38.8. The van der Waals surface area contributed by atoms with E-state index in [9.17, 15) is 14.4 Å². The molecule has 0 bridgehead atoms. The van der Waals surface area contributed by atoms with E-state index in [2.05, 4.69) is 0 Å². The molecule has 0 spiro atoms. The second-order valence-corrected chi connectivity index (χ2v) is 8.35. The van der Waals surface area contributed by atoms with Gasteiger partial charge in [-0.15, -0.1) is 0 Å². The van der Waals surface area contributed by atoms with Gasteiger partial charge in [-0.2, -0.15) is 0 Å². The number of nitrogens with zero attached hydrogens (tertiary/aromatic N) is 1. The molecule has 1 atom stereocenters. The topological polar surface area (TPSA) is 86.1 Å². The maximum absolute atomic E-state index is 12.7. The van der Waals surface area contributed by atoms with Gasteiger partial charge in [0.2, 0.25) is 0 Å². The highest BCUT2D eigenvalue weighted by Crippen LogP contribution is 2.28. The summed E-state index contributed by atoms with van der Waals surface area (Å²) in [6, 6.07) is 11.4. The summed E-state index contributed by atoms with van der Waals surface area (Å²) in [6.45, 7) is 5.77. The third kappa shape index (κ3) is 3.87. The Morgan fingerprint density at radius 2 is 1.80 bits per heavy atom. The molecule has 7 heteroatoms. The number of hydrogen-bond acceptors (Lipinski definition) is 6. The Kier molecular flexibility index (Phi) is 4.97. The third-order valence-electron chi connectivity index (χ3n) is 4.96. The quantitative estimate of drug-likeness (QED) is 0.272. The van der Waals surface area contributed by atoms with E-state index in [1.165, 1.54) is 11.0 Å². The van der Waals surface area contributed by atoms with Crippen LogP contribution in [0.5, 0.6) is 5.75 Å². The van der Waals surface area contributed by atoms with Gasteiger partial charge < -0.3 is 13.9 Å². The molecule has 7 nitrogen and oxygen atoms in total. The molecule has 1 fully saturated rings. The number of carbonyl (C=O) groups is 2. The van der Waals surface area contributed by atoms with E-state index in [0.717, 1.165) is 10.8 Å². The number of rotatable bonds is 2. The summed E-state index contributed by atoms with van der Waals surface area (Å²) < 4.78 is 16.3. The first-order valence-corrected chi connectivity index (χ1v) is 9.90. The van der Waals surface area contributed by atoms with E-state index in [-0.39, 0.29) is 5.75 Å². The molecule has 1 aliphatic rings. The molecule has 0 radical (unpaired) electrons. The Morgan fingerprint density at radius 1 is 1.07 bits per heavy atom. The maximum Gasteiger partial charge on any atom is 0.411 e. The maximum atomic E-state index is 12.7. The standard InChI is InChI=1S/C23H23NO6/c1-23(2,3)30-22(27)24-12-6-9-18(24)21(26)28-14-10-11-16-15-7-4-5-8-17(15)20(25)29-19(16)13-14/h4-5,7-8,10-11,13,18H,6,9,12H2,1-3H3/t18-/m0/s1. The van der Waals surface area contributed by atoms with Crippen LogP contribution in [0.1, 0.15) is 33.6 Å². The Labute approximate surface area is 173 Å². The van der Waals surface area contributed by atoms with Crippen LogP contribution in [0.25, 0.3) is 21.7 Å². The summed E-state index contributed by atoms with van der Waals surface area (Å²) in [7, 11) is 0. The number of benzene rings is 2. The van der Waals surface area contributed by atoms with Crippen molar-refractivity contribution in [2.24, 2.45) is 0 Å². The zero-order valence-electron chi connectivity index (χ0n) is 17.1. The monoisotopic (exact) mass is 409 g/mol. The van der Waals surface area contributed by atoms with Crippen LogP contribution in [0.4, 0.5) is 4.79 Å². The first-order valence-electron chi connectivity index (χ1n) is 9.90. The Hall–Kier alpha value is -3.35. The lowest BCUT2D eigenvalue weighted by molar-refractivity contribution is -0.139. The van der Waals surface area contributed by atoms with Crippen LogP contribution in [0.2, 0.25) is 0 Å². The minimum Gasteiger partial charge on any atom is -0.444 e. The van der Waals surface area contributed by atoms with Gasteiger partial charge in [0.15, 0.2) is 0 Å². The molecule has 4 rings (SSSR count). The molecule has 1 aromatic heterocycles. The largest absolute Gasteiger partial charge is 0.444 e. The van der Waals surface area contributed by atoms with Gasteiger partial charge in [0.1, 0.15) is 23.0 Å². The molecule has 2 aromatic carbocycles. The third-order valence-corrected chi connectivity index (χ3v) is 4.96. The summed E-state index contributed by atoms with van der Waals surface area (Å²) in [6.07, 6.45) is 0.668. The number of amides is 1. The van der Waals surface area contributed by atoms with Crippen LogP contribution in [-0.2, 0) is 9.53 Å². The molecule has 2 heterocycles. The molecule has 156 valence electrons. The molecule has 1 amide bonds. The Bertz CT molecular complexity index is 1190. The van der Waals surface area contributed by atoms with Crippen molar-refractivity contribution in [2.45, 2.75) is 45.3 Å². The van der Waals surface area contributed by atoms with Crippen molar-refractivity contribution in [1.82, 2.24) is 4.90 Å². The van der Waals surface area contributed by atoms with Crippen molar-refractivity contribution < 1.29 is 23.5 Å². The summed E-state index contributed by atoms with van der Waals surface area (Å²) in [5.41, 5.74) is -0.764. The number of esters is 1. The molecule has 0 aliphatic carbocycles. The van der Waals surface area contributed by atoms with Crippen molar-refractivity contribution in [3.63, 3.8) is 0 Å². The van der Waals surface area contributed by atoms with E-state index in [4.69, 9.17) is 13.9 Å². The van der Waals surface area contributed by atoms with E-state index in [1.54, 1.807) is 45.0 Å². The first-order chi connectivity index (χ1) is 14.2. The molecule has 30 heavy (non-hydrogen) atoms. The van der Waals surface area contributed by atoms with Crippen LogP contribution >= 0.6 is 0 Å². The molecule has 0 unspecified atom stereocenters. The molecule has 3 aromatic rings. The van der Waals surface area contributed by atoms with Gasteiger partial charge >= 0.3 is 17.7 Å². The van der Waals surface area contributed by atoms with Crippen molar-refractivity contribution in [2.75, 3.05) is 6.54 Å². The van der Waals surface area contributed by atoms with Gasteiger partial charge in [-0.25, -0.2) is 14.4 Å². The highest BCUT2D eigenvalue weighted by atomic mass is 16.6. The van der Waals surface area contributed by atoms with Crippen molar-refractivity contribution in [3.05, 3.63) is 52.9 Å². The van der Waals surface area contributed by atoms with Gasteiger partial charge in [0.05, 0.1) is 5.39 Å². The van der Waals surface area contributed by atoms with Crippen molar-refractivity contribution in [3.8, 4) is 5.75 Å². The van der Waals surface area contributed by atoms with Crippen LogP contribution in [-0.4, -0.2) is 35.2 Å². The summed E-state index contributed by atoms with van der Waals surface area (Å²) in [5, 5.41) is 2.02. The lowest BCUT2D eigenvalue weighted by atomic mass is 10.1. The zero-order chi connectivity index (χ0) is 21.5. The SMILES string of the molecule is CC(C)(C)OC(=O)N1CCC[C@H]1C(=O)Oc1ccc2c(c1)oc(=O)c1ccccc12. The molecule has 1 saturated heterocycles. The Balaban J connectivity index is 1.58. The van der Waals surface area contributed by atoms with E-state index >= 15 is 0 Å². The summed E-state index contributed by atoms with van der Waals surface area (Å²) >= 11 is 0. The second-order valence-electron chi connectivity index (χ2n) is 8.35. The van der Waals surface area contributed by atoms with Gasteiger partial charge in [0, 0.05) is 18.0 Å². The molecule has 0 N–H and O–H groups in total. The zero-order valence-corrected chi connectivity index (χ0v) is 17.1. The number of likely N-dealkylation sites (tertiary alicyclic amines) is 1. The lowest BCUT2D eigenvalue weighted by Gasteiger charge is -2.27. The molecule has 1 aliphatic heterocycles. The average molecular weight is 409 g/mol. The molecule has 0 saturated carbocycles. The summed E-state index contributed by atoms with van der Waals surface area (Å²) in [5.74, 6) is -0.289. The fraction of sp³-hybridized carbons (Fsp3) is 0.348. The first kappa shape index (κ1) is 19.9. The predicted octanol–water partition coefficient (Wildman–Crippen LogP) is 4.25. The lowest BCUT2D eigenvalue weighted by Crippen LogP contribution is -2.44. The van der Waals surface area contributed by atoms with Gasteiger partial charge in [-0.05, 0) is 57.2 Å². The highest BCUT2D eigenvalue weighted by Gasteiger charge is 2.37. The minimum absolute atomic E-state index is 0.252. The number of fused-ring (bicyclic) bond motifs is 3. The number of ether oxygens (including phenoxy) is 2. The van der Waals surface area contributed by atoms with Gasteiger partial charge in [0.25, 0.3) is 0 Å². The molecular weight excluding hydrogens is 386 g/mol. The number of hydrogen-bond donors (Lipinski definition) is 0. The Morgan fingerprint density at radius 3 is 2.53 bits per heavy atom. The number of carbonyl (C=O) groups excluding carboxylic acids is 2. The van der Waals surface area contributed by atoms with Gasteiger partial charge in [-0.1, -0.05) is 18.2 Å². The predicted molar refractivity (Wildman–Crippen MR) is 112 cm³/mol. The fourth-order valence-corrected chi connectivity index (χ4v) is 3.66. The highest BCUT2D eigenvalue weighted by molar-refractivity contribution is 6.04. The van der Waals surface area contributed by atoms with Crippen LogP contribution in [0.15, 0.2) is 51.7 Å². The van der Waals surface area contributed by atoms with E-state index in [1.807, 2.05) is 12.1 Å². The smallest absolute Gasteiger partial charge is 0.411 e. The van der Waals surface area contributed by atoms with Crippen molar-refractivity contribution >= 4 is 33.8 Å². The van der Waals surface area contributed by atoms with E-state index < -0.39 is 29.3 Å². The second kappa shape index (κ2) is 7.48.